The normalized spacial score (nSPS) is 18.1. The van der Waals surface area contributed by atoms with Crippen LogP contribution >= 0.6 is 17.0 Å². The molecule has 0 saturated heterocycles. The summed E-state index contributed by atoms with van der Waals surface area (Å²) >= 11 is -0.826. The summed E-state index contributed by atoms with van der Waals surface area (Å²) < 4.78 is 0. The number of rotatable bonds is 5. The molecule has 15 heavy (non-hydrogen) atoms. The van der Waals surface area contributed by atoms with Gasteiger partial charge < -0.3 is 0 Å². The Hall–Kier alpha value is 0.943. The average Bonchev–Trinajstić information content (AvgIpc) is 2.60. The van der Waals surface area contributed by atoms with Crippen LogP contribution in [0.25, 0.3) is 0 Å². The van der Waals surface area contributed by atoms with Crippen LogP contribution in [0.4, 0.5) is 0 Å². The zero-order valence-electron chi connectivity index (χ0n) is 9.60. The van der Waals surface area contributed by atoms with Crippen LogP contribution in [-0.4, -0.2) is 0 Å². The molecule has 0 radical (unpaired) electrons. The molecule has 3 heteroatoms. The van der Waals surface area contributed by atoms with Gasteiger partial charge in [-0.2, -0.15) is 0 Å². The summed E-state index contributed by atoms with van der Waals surface area (Å²) in [5.74, 6) is 0.686. The Morgan fingerprint density at radius 3 is 2.40 bits per heavy atom. The van der Waals surface area contributed by atoms with Crippen LogP contribution in [0.5, 0.6) is 0 Å². The van der Waals surface area contributed by atoms with E-state index in [0.29, 0.717) is 5.92 Å². The third-order valence-electron chi connectivity index (χ3n) is 2.41. The Morgan fingerprint density at radius 2 is 1.93 bits per heavy atom. The molecule has 0 nitrogen and oxygen atoms in total. The van der Waals surface area contributed by atoms with E-state index in [1.54, 1.807) is 5.57 Å². The Balaban J connectivity index is 0.000000583. The number of halogens is 2. The van der Waals surface area contributed by atoms with Crippen molar-refractivity contribution in [3.8, 4) is 0 Å². The molecule has 0 amide bonds. The Kier molecular flexibility index (Phi) is 12.1. The summed E-state index contributed by atoms with van der Waals surface area (Å²) in [5, 5.41) is 0. The number of unbranched alkanes of at least 4 members (excludes halogenated alkanes) is 3. The van der Waals surface area contributed by atoms with Crippen molar-refractivity contribution in [2.75, 3.05) is 0 Å². The molecule has 0 fully saturated rings. The summed E-state index contributed by atoms with van der Waals surface area (Å²) in [6.07, 6.45) is 13.8. The molecular weight excluding hydrogens is 306 g/mol. The van der Waals surface area contributed by atoms with Crippen LogP contribution in [0.3, 0.4) is 0 Å². The molecule has 0 saturated carbocycles. The van der Waals surface area contributed by atoms with Gasteiger partial charge in [-0.05, 0) is 18.8 Å². The van der Waals surface area contributed by atoms with Crippen molar-refractivity contribution in [3.05, 3.63) is 23.8 Å². The van der Waals surface area contributed by atoms with Crippen molar-refractivity contribution in [3.63, 3.8) is 0 Å². The van der Waals surface area contributed by atoms with Gasteiger partial charge >= 0.3 is 37.9 Å². The molecule has 0 aromatic rings. The van der Waals surface area contributed by atoms with Gasteiger partial charge in [0.15, 0.2) is 0 Å². The first-order valence-corrected chi connectivity index (χ1v) is 11.9. The van der Waals surface area contributed by atoms with Crippen molar-refractivity contribution < 1.29 is 20.8 Å². The van der Waals surface area contributed by atoms with E-state index in [1.807, 2.05) is 0 Å². The Morgan fingerprint density at radius 1 is 1.27 bits per heavy atom. The zero-order valence-corrected chi connectivity index (χ0v) is 13.6. The predicted octanol–water partition coefficient (Wildman–Crippen LogP) is 5.47. The summed E-state index contributed by atoms with van der Waals surface area (Å²) in [7, 11) is 9.87. The van der Waals surface area contributed by atoms with Crippen LogP contribution in [-0.2, 0) is 20.8 Å². The van der Waals surface area contributed by atoms with Crippen molar-refractivity contribution >= 4 is 17.0 Å². The van der Waals surface area contributed by atoms with Gasteiger partial charge in [0.2, 0.25) is 0 Å². The first-order valence-electron chi connectivity index (χ1n) is 5.59. The van der Waals surface area contributed by atoms with Gasteiger partial charge in [-0.15, -0.1) is 0 Å². The maximum absolute atomic E-state index is 4.93. The molecule has 0 aromatic heterocycles. The van der Waals surface area contributed by atoms with Gasteiger partial charge in [0.05, 0.1) is 0 Å². The second kappa shape index (κ2) is 11.4. The fraction of sp³-hybridized carbons (Fsp3) is 0.667. The monoisotopic (exact) mass is 324 g/mol. The molecule has 1 unspecified atom stereocenters. The number of hydrogen-bond donors (Lipinski definition) is 0. The van der Waals surface area contributed by atoms with Gasteiger partial charge in [0.1, 0.15) is 0 Å². The van der Waals surface area contributed by atoms with Gasteiger partial charge in [-0.25, -0.2) is 0 Å². The average molecular weight is 326 g/mol. The maximum atomic E-state index is 4.93. The molecule has 0 bridgehead atoms. The first-order chi connectivity index (χ1) is 7.24. The first kappa shape index (κ1) is 15.9. The van der Waals surface area contributed by atoms with Gasteiger partial charge in [-0.3, -0.25) is 0 Å². The summed E-state index contributed by atoms with van der Waals surface area (Å²) in [5.41, 5.74) is 1.55. The molecule has 1 rings (SSSR count). The van der Waals surface area contributed by atoms with E-state index in [0.717, 1.165) is 0 Å². The van der Waals surface area contributed by atoms with E-state index in [2.05, 4.69) is 32.1 Å². The van der Waals surface area contributed by atoms with E-state index in [-0.39, 0.29) is 0 Å². The van der Waals surface area contributed by atoms with Gasteiger partial charge in [-0.1, -0.05) is 56.9 Å². The van der Waals surface area contributed by atoms with E-state index in [1.165, 1.54) is 32.1 Å². The number of allylic oxidation sites excluding steroid dienone is 4. The van der Waals surface area contributed by atoms with Gasteiger partial charge in [0.25, 0.3) is 0 Å². The molecule has 0 aromatic carbocycles. The van der Waals surface area contributed by atoms with Crippen molar-refractivity contribution in [2.45, 2.75) is 46.0 Å². The molecule has 0 aliphatic heterocycles. The van der Waals surface area contributed by atoms with Gasteiger partial charge in [0, 0.05) is 0 Å². The second-order valence-corrected chi connectivity index (χ2v) is 7.57. The van der Waals surface area contributed by atoms with Crippen molar-refractivity contribution in [1.82, 2.24) is 0 Å². The van der Waals surface area contributed by atoms with Crippen LogP contribution in [0.2, 0.25) is 0 Å². The third kappa shape index (κ3) is 9.85. The van der Waals surface area contributed by atoms with Crippen LogP contribution in [0, 0.1) is 5.92 Å². The van der Waals surface area contributed by atoms with Crippen molar-refractivity contribution in [1.29, 1.82) is 0 Å². The van der Waals surface area contributed by atoms with Crippen LogP contribution in [0.15, 0.2) is 23.8 Å². The molecule has 1 aliphatic carbocycles. The molecule has 1 aliphatic rings. The quantitative estimate of drug-likeness (QED) is 0.588. The Bertz CT molecular complexity index is 200. The summed E-state index contributed by atoms with van der Waals surface area (Å²) in [4.78, 5) is 0. The second-order valence-electron chi connectivity index (χ2n) is 3.84. The van der Waals surface area contributed by atoms with Crippen LogP contribution < -0.4 is 0 Å². The minimum atomic E-state index is -0.826. The predicted molar refractivity (Wildman–Crippen MR) is 66.9 cm³/mol. The van der Waals surface area contributed by atoms with Crippen molar-refractivity contribution in [2.24, 2.45) is 5.92 Å². The Labute approximate surface area is 113 Å². The van der Waals surface area contributed by atoms with Crippen LogP contribution in [0.1, 0.15) is 46.0 Å². The fourth-order valence-electron chi connectivity index (χ4n) is 1.65. The fourth-order valence-corrected chi connectivity index (χ4v) is 1.65. The molecule has 0 heterocycles. The molecule has 1 atom stereocenters. The zero-order chi connectivity index (χ0) is 11.5. The standard InChI is InChI=1S/C12H20.2ClH.Zr/c1-3-4-5-6-7-12-9-8-11(2)10-12;;;/h8-11H,3-7H2,1-2H3;2*1H;/q;;;+2/p-2. The molecule has 0 spiro atoms. The SMILES string of the molecule is CCCCCCC1=CC(C)C=C1.[Cl][Zr][Cl]. The topological polar surface area (TPSA) is 0 Å². The van der Waals surface area contributed by atoms with E-state index in [9.17, 15) is 0 Å². The molecule has 0 N–H and O–H groups in total. The molecular formula is C12H20Cl2Zr. The summed E-state index contributed by atoms with van der Waals surface area (Å²) in [6, 6.07) is 0. The number of hydrogen-bond acceptors (Lipinski definition) is 0. The minimum absolute atomic E-state index is 0.686. The van der Waals surface area contributed by atoms with E-state index < -0.39 is 20.8 Å². The third-order valence-corrected chi connectivity index (χ3v) is 2.41. The molecule has 86 valence electrons. The van der Waals surface area contributed by atoms with E-state index in [4.69, 9.17) is 17.0 Å². The van der Waals surface area contributed by atoms with E-state index >= 15 is 0 Å². The summed E-state index contributed by atoms with van der Waals surface area (Å²) in [6.45, 7) is 4.51.